The fourth-order valence-electron chi connectivity index (χ4n) is 1.12. The van der Waals surface area contributed by atoms with Gasteiger partial charge in [0.05, 0.1) is 7.14 Å². The molecule has 0 saturated heterocycles. The van der Waals surface area contributed by atoms with Crippen LogP contribution in [0.5, 0.6) is 0 Å². The molecule has 0 radical (unpaired) electrons. The Morgan fingerprint density at radius 1 is 1.08 bits per heavy atom. The Kier molecular flexibility index (Phi) is 14.5. The zero-order chi connectivity index (χ0) is 19.4. The molecule has 2 heterocycles. The molecular weight excluding hydrogens is 610 g/mol. The molecule has 25 heavy (non-hydrogen) atoms. The van der Waals surface area contributed by atoms with E-state index in [2.05, 4.69) is 76.4 Å². The number of nitrogens with one attached hydrogen (secondary N) is 1. The van der Waals surface area contributed by atoms with Gasteiger partial charge in [-0.2, -0.15) is 0 Å². The molecule has 2 aromatic rings. The number of hydrogen-bond donors (Lipinski definition) is 3. The quantitative estimate of drug-likeness (QED) is 0.117. The van der Waals surface area contributed by atoms with Crippen LogP contribution in [0.4, 0.5) is 5.82 Å². The van der Waals surface area contributed by atoms with Gasteiger partial charge in [-0.15, -0.1) is 0 Å². The topological polar surface area (TPSA) is 119 Å². The van der Waals surface area contributed by atoms with E-state index in [9.17, 15) is 0 Å². The molecule has 0 bridgehead atoms. The van der Waals surface area contributed by atoms with E-state index in [0.29, 0.717) is 10.3 Å². The van der Waals surface area contributed by atoms with E-state index in [1.165, 1.54) is 28.5 Å². The van der Waals surface area contributed by atoms with Crippen LogP contribution in [0.25, 0.3) is 0 Å². The Morgan fingerprint density at radius 2 is 1.52 bits per heavy atom. The molecule has 0 aliphatic rings. The van der Waals surface area contributed by atoms with Crippen LogP contribution in [0, 0.1) is 7.14 Å². The zero-order valence-electron chi connectivity index (χ0n) is 14.0. The highest BCUT2D eigenvalue weighted by Crippen LogP contribution is 2.19. The highest BCUT2D eigenvalue weighted by molar-refractivity contribution is 14.1. The van der Waals surface area contributed by atoms with E-state index in [1.54, 1.807) is 26.5 Å². The monoisotopic (exact) mass is 628 g/mol. The maximum atomic E-state index is 5.72. The summed E-state index contributed by atoms with van der Waals surface area (Å²) in [5.74, 6) is 10.9. The van der Waals surface area contributed by atoms with E-state index < -0.39 is 0 Å². The highest BCUT2D eigenvalue weighted by atomic mass is 127. The molecule has 0 aliphatic carbocycles. The summed E-state index contributed by atoms with van der Waals surface area (Å²) in [5, 5.41) is 3.47. The van der Waals surface area contributed by atoms with Crippen molar-refractivity contribution in [3.63, 3.8) is 0 Å². The number of nitrogens with two attached hydrogens (primary N) is 2. The minimum atomic E-state index is 0.528. The van der Waals surface area contributed by atoms with Crippen molar-refractivity contribution in [2.24, 2.45) is 11.7 Å². The molecule has 0 atom stereocenters. The molecule has 0 spiro atoms. The third kappa shape index (κ3) is 10.3. The van der Waals surface area contributed by atoms with E-state index in [1.807, 2.05) is 12.5 Å². The summed E-state index contributed by atoms with van der Waals surface area (Å²) >= 11 is 12.9. The van der Waals surface area contributed by atoms with Crippen molar-refractivity contribution in [1.29, 1.82) is 0 Å². The van der Waals surface area contributed by atoms with Crippen LogP contribution < -0.4 is 22.1 Å². The number of halogens is 3. The Bertz CT molecular complexity index is 651. The molecule has 0 amide bonds. The smallest absolute Gasteiger partial charge is 0.189 e. The fourth-order valence-corrected chi connectivity index (χ4v) is 2.87. The Labute approximate surface area is 188 Å². The third-order valence-corrected chi connectivity index (χ3v) is 5.36. The van der Waals surface area contributed by atoms with Gasteiger partial charge in [-0.3, -0.25) is 16.3 Å². The maximum absolute atomic E-state index is 5.72. The molecule has 0 aromatic carbocycles. The number of nitrogens with zero attached hydrogens (tertiary/aromatic N) is 5. The number of hydrazine groups is 2. The molecule has 2 rings (SSSR count). The molecule has 0 fully saturated rings. The second-order valence-corrected chi connectivity index (χ2v) is 8.15. The third-order valence-electron chi connectivity index (χ3n) is 2.08. The van der Waals surface area contributed by atoms with Crippen molar-refractivity contribution in [2.75, 3.05) is 31.6 Å². The maximum Gasteiger partial charge on any atom is 0.189 e. The molecule has 8 nitrogen and oxygen atoms in total. The lowest BCUT2D eigenvalue weighted by Crippen LogP contribution is -2.27. The second kappa shape index (κ2) is 14.4. The summed E-state index contributed by atoms with van der Waals surface area (Å²) in [6, 6.07) is 0. The zero-order valence-corrected chi connectivity index (χ0v) is 20.7. The van der Waals surface area contributed by atoms with Crippen LogP contribution in [-0.4, -0.2) is 46.5 Å². The fraction of sp³-hybridized carbons (Fsp3) is 0.333. The van der Waals surface area contributed by atoms with Gasteiger partial charge in [-0.1, -0.05) is 35.1 Å². The lowest BCUT2D eigenvalue weighted by molar-refractivity contribution is 0.889. The van der Waals surface area contributed by atoms with Crippen molar-refractivity contribution in [3.8, 4) is 0 Å². The van der Waals surface area contributed by atoms with Crippen molar-refractivity contribution in [2.45, 2.75) is 10.3 Å². The van der Waals surface area contributed by atoms with Crippen LogP contribution in [0.1, 0.15) is 0 Å². The summed E-state index contributed by atoms with van der Waals surface area (Å²) in [6.07, 6.45) is 7.32. The molecule has 0 unspecified atom stereocenters. The standard InChI is InChI=1S/C6H9IN4S.C5H4ClIN2S.CH6N2/c1-11(8)5-4(7)3-9-6(10-5)12-2;1-10-5-8-2-3(7)4(6)9-5;1-3-2/h3H,8H2,1-2H3;2H,1H3;3H,2H2,1H3. The van der Waals surface area contributed by atoms with E-state index in [-0.39, 0.29) is 0 Å². The number of hydrogen-bond acceptors (Lipinski definition) is 10. The molecular formula is C12H19ClI2N8S2. The van der Waals surface area contributed by atoms with Gasteiger partial charge in [0.15, 0.2) is 16.1 Å². The van der Waals surface area contributed by atoms with Crippen molar-refractivity contribution in [1.82, 2.24) is 25.4 Å². The summed E-state index contributed by atoms with van der Waals surface area (Å²) in [6.45, 7) is 0. The summed E-state index contributed by atoms with van der Waals surface area (Å²) in [4.78, 5) is 16.4. The minimum absolute atomic E-state index is 0.528. The summed E-state index contributed by atoms with van der Waals surface area (Å²) in [5.41, 5.74) is 2.25. The Morgan fingerprint density at radius 3 is 1.92 bits per heavy atom. The minimum Gasteiger partial charge on any atom is -0.297 e. The van der Waals surface area contributed by atoms with Gasteiger partial charge in [-0.25, -0.2) is 25.8 Å². The first-order valence-corrected chi connectivity index (χ1v) is 11.4. The van der Waals surface area contributed by atoms with Crippen LogP contribution in [0.2, 0.25) is 5.15 Å². The molecule has 2 aromatic heterocycles. The lowest BCUT2D eigenvalue weighted by atomic mass is 10.6. The molecule has 0 aliphatic heterocycles. The predicted octanol–water partition coefficient (Wildman–Crippen LogP) is 2.65. The van der Waals surface area contributed by atoms with Gasteiger partial charge in [-0.05, 0) is 64.7 Å². The molecule has 5 N–H and O–H groups in total. The normalized spacial score (nSPS) is 9.48. The molecule has 140 valence electrons. The summed E-state index contributed by atoms with van der Waals surface area (Å²) < 4.78 is 1.84. The van der Waals surface area contributed by atoms with Crippen LogP contribution in [0.15, 0.2) is 22.7 Å². The van der Waals surface area contributed by atoms with Crippen molar-refractivity contribution < 1.29 is 0 Å². The number of thioether (sulfide) groups is 2. The van der Waals surface area contributed by atoms with E-state index in [4.69, 9.17) is 17.4 Å². The average molecular weight is 629 g/mol. The van der Waals surface area contributed by atoms with Crippen molar-refractivity contribution in [3.05, 3.63) is 24.7 Å². The number of aromatic nitrogens is 4. The number of anilines is 1. The first-order chi connectivity index (χ1) is 11.8. The van der Waals surface area contributed by atoms with Crippen molar-refractivity contribution >= 4 is 86.1 Å². The molecule has 13 heteroatoms. The second-order valence-electron chi connectivity index (χ2n) is 3.92. The first-order valence-electron chi connectivity index (χ1n) is 6.44. The molecule has 0 saturated carbocycles. The van der Waals surface area contributed by atoms with Crippen LogP contribution in [-0.2, 0) is 0 Å². The van der Waals surface area contributed by atoms with Crippen LogP contribution >= 0.6 is 80.3 Å². The van der Waals surface area contributed by atoms with E-state index >= 15 is 0 Å². The lowest BCUT2D eigenvalue weighted by Gasteiger charge is -2.12. The summed E-state index contributed by atoms with van der Waals surface area (Å²) in [7, 11) is 3.41. The Hall–Kier alpha value is 0.290. The van der Waals surface area contributed by atoms with E-state index in [0.717, 1.165) is 18.1 Å². The SMILES string of the molecule is CNN.CSc1ncc(I)c(Cl)n1.CSc1ncc(I)c(N(C)N)n1. The average Bonchev–Trinajstić information content (AvgIpc) is 2.59. The number of rotatable bonds is 3. The van der Waals surface area contributed by atoms with Gasteiger partial charge in [0, 0.05) is 19.4 Å². The van der Waals surface area contributed by atoms with Crippen LogP contribution in [0.3, 0.4) is 0 Å². The predicted molar refractivity (Wildman–Crippen MR) is 124 cm³/mol. The largest absolute Gasteiger partial charge is 0.297 e. The highest BCUT2D eigenvalue weighted by Gasteiger charge is 2.05. The Balaban J connectivity index is 0.000000403. The van der Waals surface area contributed by atoms with Gasteiger partial charge in [0.2, 0.25) is 0 Å². The van der Waals surface area contributed by atoms with Gasteiger partial charge in [0.1, 0.15) is 5.15 Å². The van der Waals surface area contributed by atoms with Gasteiger partial charge < -0.3 is 0 Å². The van der Waals surface area contributed by atoms with Gasteiger partial charge in [0.25, 0.3) is 0 Å². The first kappa shape index (κ1) is 25.3. The van der Waals surface area contributed by atoms with Gasteiger partial charge >= 0.3 is 0 Å².